The molecule has 5 heteroatoms. The topological polar surface area (TPSA) is 50.1 Å². The van der Waals surface area contributed by atoms with Gasteiger partial charge >= 0.3 is 0 Å². The summed E-state index contributed by atoms with van der Waals surface area (Å²) in [7, 11) is 0. The molecule has 102 valence electrons. The molecule has 0 saturated carbocycles. The molecule has 0 aliphatic carbocycles. The Bertz CT molecular complexity index is 527. The van der Waals surface area contributed by atoms with E-state index in [9.17, 15) is 9.50 Å². The molecule has 0 amide bonds. The number of halogens is 1. The van der Waals surface area contributed by atoms with Gasteiger partial charge in [-0.05, 0) is 18.6 Å². The number of nitrogens with one attached hydrogen (secondary N) is 1. The van der Waals surface area contributed by atoms with Gasteiger partial charge in [-0.25, -0.2) is 4.39 Å². The van der Waals surface area contributed by atoms with E-state index in [0.717, 1.165) is 12.1 Å². The third-order valence-electron chi connectivity index (χ3n) is 2.88. The molecule has 1 atom stereocenters. The molecule has 0 fully saturated rings. The van der Waals surface area contributed by atoms with E-state index in [4.69, 9.17) is 0 Å². The molecule has 0 aliphatic rings. The highest BCUT2D eigenvalue weighted by Crippen LogP contribution is 2.15. The van der Waals surface area contributed by atoms with Crippen molar-refractivity contribution in [1.82, 2.24) is 15.1 Å². The molecule has 19 heavy (non-hydrogen) atoms. The predicted octanol–water partition coefficient (Wildman–Crippen LogP) is 1.65. The van der Waals surface area contributed by atoms with Crippen molar-refractivity contribution >= 4 is 0 Å². The molecular weight excluding hydrogens is 245 g/mol. The average molecular weight is 263 g/mol. The van der Waals surface area contributed by atoms with Gasteiger partial charge in [-0.2, -0.15) is 5.10 Å². The monoisotopic (exact) mass is 263 g/mol. The molecule has 2 N–H and O–H groups in total. The summed E-state index contributed by atoms with van der Waals surface area (Å²) in [4.78, 5) is 0. The van der Waals surface area contributed by atoms with Gasteiger partial charge in [0, 0.05) is 24.8 Å². The second kappa shape index (κ2) is 6.45. The zero-order valence-electron chi connectivity index (χ0n) is 10.9. The van der Waals surface area contributed by atoms with Crippen LogP contribution in [0.3, 0.4) is 0 Å². The van der Waals surface area contributed by atoms with Crippen LogP contribution >= 0.6 is 0 Å². The Kier molecular flexibility index (Phi) is 4.65. The fourth-order valence-corrected chi connectivity index (χ4v) is 1.88. The SMILES string of the molecule is Cc1cnn(CCNC[C@H](O)c2ccccc2F)c1. The summed E-state index contributed by atoms with van der Waals surface area (Å²) < 4.78 is 15.2. The van der Waals surface area contributed by atoms with Crippen LogP contribution in [-0.2, 0) is 6.54 Å². The maximum Gasteiger partial charge on any atom is 0.129 e. The number of nitrogens with zero attached hydrogens (tertiary/aromatic N) is 2. The van der Waals surface area contributed by atoms with Crippen molar-refractivity contribution in [1.29, 1.82) is 0 Å². The van der Waals surface area contributed by atoms with Crippen LogP contribution < -0.4 is 5.32 Å². The zero-order valence-corrected chi connectivity index (χ0v) is 10.9. The van der Waals surface area contributed by atoms with Gasteiger partial charge < -0.3 is 10.4 Å². The van der Waals surface area contributed by atoms with Gasteiger partial charge in [0.1, 0.15) is 5.82 Å². The number of hydrogen-bond acceptors (Lipinski definition) is 3. The molecule has 2 aromatic rings. The summed E-state index contributed by atoms with van der Waals surface area (Å²) >= 11 is 0. The van der Waals surface area contributed by atoms with Gasteiger partial charge in [-0.15, -0.1) is 0 Å². The van der Waals surface area contributed by atoms with Crippen molar-refractivity contribution in [3.63, 3.8) is 0 Å². The van der Waals surface area contributed by atoms with Crippen LogP contribution in [0.4, 0.5) is 4.39 Å². The molecule has 0 radical (unpaired) electrons. The summed E-state index contributed by atoms with van der Waals surface area (Å²) in [6, 6.07) is 6.27. The Balaban J connectivity index is 1.75. The van der Waals surface area contributed by atoms with E-state index in [1.807, 2.05) is 17.8 Å². The summed E-state index contributed by atoms with van der Waals surface area (Å²) in [6.45, 7) is 3.70. The quantitative estimate of drug-likeness (QED) is 0.779. The van der Waals surface area contributed by atoms with E-state index in [0.29, 0.717) is 18.7 Å². The highest BCUT2D eigenvalue weighted by atomic mass is 19.1. The normalized spacial score (nSPS) is 12.6. The predicted molar refractivity (Wildman–Crippen MR) is 71.2 cm³/mol. The maximum absolute atomic E-state index is 13.4. The van der Waals surface area contributed by atoms with Crippen LogP contribution in [0.1, 0.15) is 17.2 Å². The van der Waals surface area contributed by atoms with E-state index in [1.54, 1.807) is 24.4 Å². The summed E-state index contributed by atoms with van der Waals surface area (Å²) in [6.07, 6.45) is 2.92. The van der Waals surface area contributed by atoms with Crippen molar-refractivity contribution in [3.8, 4) is 0 Å². The number of benzene rings is 1. The highest BCUT2D eigenvalue weighted by molar-refractivity contribution is 5.19. The molecule has 0 unspecified atom stereocenters. The number of aliphatic hydroxyl groups is 1. The van der Waals surface area contributed by atoms with Crippen LogP contribution in [0.5, 0.6) is 0 Å². The molecule has 0 aliphatic heterocycles. The summed E-state index contributed by atoms with van der Waals surface area (Å²) in [5, 5.41) is 17.1. The minimum Gasteiger partial charge on any atom is -0.387 e. The third-order valence-corrected chi connectivity index (χ3v) is 2.88. The highest BCUT2D eigenvalue weighted by Gasteiger charge is 2.11. The molecule has 4 nitrogen and oxygen atoms in total. The molecule has 1 heterocycles. The fraction of sp³-hybridized carbons (Fsp3) is 0.357. The largest absolute Gasteiger partial charge is 0.387 e. The number of rotatable bonds is 6. The van der Waals surface area contributed by atoms with Crippen molar-refractivity contribution in [3.05, 3.63) is 53.6 Å². The number of aliphatic hydroxyl groups excluding tert-OH is 1. The van der Waals surface area contributed by atoms with Crippen molar-refractivity contribution in [2.45, 2.75) is 19.6 Å². The third kappa shape index (κ3) is 3.87. The lowest BCUT2D eigenvalue weighted by Gasteiger charge is -2.12. The molecular formula is C14H18FN3O. The van der Waals surface area contributed by atoms with Crippen LogP contribution in [0.2, 0.25) is 0 Å². The second-order valence-electron chi connectivity index (χ2n) is 4.52. The van der Waals surface area contributed by atoms with Crippen LogP contribution in [0.25, 0.3) is 0 Å². The molecule has 1 aromatic heterocycles. The van der Waals surface area contributed by atoms with E-state index in [-0.39, 0.29) is 5.82 Å². The van der Waals surface area contributed by atoms with Crippen LogP contribution in [0, 0.1) is 12.7 Å². The lowest BCUT2D eigenvalue weighted by atomic mass is 10.1. The average Bonchev–Trinajstić information content (AvgIpc) is 2.81. The minimum absolute atomic E-state index is 0.321. The van der Waals surface area contributed by atoms with Crippen LogP contribution in [0.15, 0.2) is 36.7 Å². The van der Waals surface area contributed by atoms with Gasteiger partial charge in [0.15, 0.2) is 0 Å². The molecule has 1 aromatic carbocycles. The van der Waals surface area contributed by atoms with Crippen molar-refractivity contribution < 1.29 is 9.50 Å². The zero-order chi connectivity index (χ0) is 13.7. The van der Waals surface area contributed by atoms with Gasteiger partial charge in [0.25, 0.3) is 0 Å². The minimum atomic E-state index is -0.833. The fourth-order valence-electron chi connectivity index (χ4n) is 1.88. The van der Waals surface area contributed by atoms with Gasteiger partial charge in [-0.1, -0.05) is 18.2 Å². The summed E-state index contributed by atoms with van der Waals surface area (Å²) in [5.41, 5.74) is 1.44. The Morgan fingerprint density at radius 3 is 2.89 bits per heavy atom. The first-order chi connectivity index (χ1) is 9.16. The van der Waals surface area contributed by atoms with Crippen molar-refractivity contribution in [2.24, 2.45) is 0 Å². The first kappa shape index (κ1) is 13.7. The Morgan fingerprint density at radius 1 is 1.42 bits per heavy atom. The van der Waals surface area contributed by atoms with Gasteiger partial charge in [0.2, 0.25) is 0 Å². The number of aryl methyl sites for hydroxylation is 1. The molecule has 0 bridgehead atoms. The number of aromatic nitrogens is 2. The van der Waals surface area contributed by atoms with E-state index in [2.05, 4.69) is 10.4 Å². The Labute approximate surface area is 111 Å². The van der Waals surface area contributed by atoms with Crippen LogP contribution in [-0.4, -0.2) is 28.0 Å². The van der Waals surface area contributed by atoms with E-state index < -0.39 is 6.10 Å². The lowest BCUT2D eigenvalue weighted by molar-refractivity contribution is 0.169. The Hall–Kier alpha value is -1.72. The van der Waals surface area contributed by atoms with E-state index in [1.165, 1.54) is 6.07 Å². The molecule has 2 rings (SSSR count). The first-order valence-electron chi connectivity index (χ1n) is 6.29. The molecule has 0 spiro atoms. The standard InChI is InChI=1S/C14H18FN3O/c1-11-8-17-18(10-11)7-6-16-9-14(19)12-4-2-3-5-13(12)15/h2-5,8,10,14,16,19H,6-7,9H2,1H3/t14-/m0/s1. The Morgan fingerprint density at radius 2 is 2.21 bits per heavy atom. The summed E-state index contributed by atoms with van der Waals surface area (Å²) in [5.74, 6) is -0.375. The maximum atomic E-state index is 13.4. The van der Waals surface area contributed by atoms with E-state index >= 15 is 0 Å². The van der Waals surface area contributed by atoms with Gasteiger partial charge in [0.05, 0.1) is 18.8 Å². The molecule has 0 saturated heterocycles. The smallest absolute Gasteiger partial charge is 0.129 e. The second-order valence-corrected chi connectivity index (χ2v) is 4.52. The lowest BCUT2D eigenvalue weighted by Crippen LogP contribution is -2.25. The van der Waals surface area contributed by atoms with Crippen molar-refractivity contribution in [2.75, 3.05) is 13.1 Å². The first-order valence-corrected chi connectivity index (χ1v) is 6.29. The van der Waals surface area contributed by atoms with Gasteiger partial charge in [-0.3, -0.25) is 4.68 Å². The number of hydrogen-bond donors (Lipinski definition) is 2.